The summed E-state index contributed by atoms with van der Waals surface area (Å²) in [5.74, 6) is 0.943. The third-order valence-electron chi connectivity index (χ3n) is 4.04. The van der Waals surface area contributed by atoms with Crippen LogP contribution in [0.25, 0.3) is 0 Å². The number of nitrogens with one attached hydrogen (secondary N) is 1. The van der Waals surface area contributed by atoms with E-state index < -0.39 is 0 Å². The van der Waals surface area contributed by atoms with E-state index >= 15 is 0 Å². The van der Waals surface area contributed by atoms with Gasteiger partial charge in [-0.05, 0) is 30.9 Å². The molecule has 1 fully saturated rings. The van der Waals surface area contributed by atoms with Crippen LogP contribution in [0.15, 0.2) is 30.3 Å². The van der Waals surface area contributed by atoms with Gasteiger partial charge in [0.05, 0.1) is 0 Å². The van der Waals surface area contributed by atoms with Crippen molar-refractivity contribution in [2.75, 3.05) is 13.1 Å². The molecule has 0 atom stereocenters. The molecule has 1 heteroatoms. The highest BCUT2D eigenvalue weighted by Crippen LogP contribution is 2.48. The maximum absolute atomic E-state index is 3.53. The van der Waals surface area contributed by atoms with E-state index in [4.69, 9.17) is 0 Å². The quantitative estimate of drug-likeness (QED) is 0.797. The molecule has 0 bridgehead atoms. The molecule has 1 N–H and O–H groups in total. The number of rotatable bonds is 5. The number of hydrogen-bond donors (Lipinski definition) is 1. The summed E-state index contributed by atoms with van der Waals surface area (Å²) in [6, 6.07) is 11.0. The predicted molar refractivity (Wildman–Crippen MR) is 69.7 cm³/mol. The topological polar surface area (TPSA) is 12.0 Å². The molecule has 0 aliphatic heterocycles. The first-order valence-corrected chi connectivity index (χ1v) is 6.57. The standard InChI is InChI=1S/C15H23N/c1-3-13-10-15(11-13,12-16-4-2)14-8-6-5-7-9-14/h5-9,13,16H,3-4,10-12H2,1-2H3. The number of hydrogen-bond acceptors (Lipinski definition) is 1. The Morgan fingerprint density at radius 2 is 1.88 bits per heavy atom. The van der Waals surface area contributed by atoms with E-state index in [0.29, 0.717) is 5.41 Å². The van der Waals surface area contributed by atoms with Crippen molar-refractivity contribution in [2.24, 2.45) is 5.92 Å². The molecule has 1 nitrogen and oxygen atoms in total. The Morgan fingerprint density at radius 1 is 1.19 bits per heavy atom. The molecule has 2 rings (SSSR count). The molecule has 0 radical (unpaired) electrons. The Bertz CT molecular complexity index is 306. The Kier molecular flexibility index (Phi) is 3.65. The van der Waals surface area contributed by atoms with Crippen molar-refractivity contribution in [3.05, 3.63) is 35.9 Å². The molecule has 1 aromatic rings. The second kappa shape index (κ2) is 5.01. The van der Waals surface area contributed by atoms with Crippen LogP contribution in [-0.4, -0.2) is 13.1 Å². The van der Waals surface area contributed by atoms with E-state index in [1.165, 1.54) is 24.8 Å². The van der Waals surface area contributed by atoms with Crippen LogP contribution in [0.1, 0.15) is 38.7 Å². The van der Waals surface area contributed by atoms with Crippen molar-refractivity contribution >= 4 is 0 Å². The molecule has 1 aromatic carbocycles. The molecule has 1 saturated carbocycles. The summed E-state index contributed by atoms with van der Waals surface area (Å²) < 4.78 is 0. The largest absolute Gasteiger partial charge is 0.316 e. The van der Waals surface area contributed by atoms with Crippen molar-refractivity contribution in [1.29, 1.82) is 0 Å². The van der Waals surface area contributed by atoms with Gasteiger partial charge in [-0.3, -0.25) is 0 Å². The van der Waals surface area contributed by atoms with Gasteiger partial charge in [-0.25, -0.2) is 0 Å². The molecule has 1 aliphatic carbocycles. The van der Waals surface area contributed by atoms with Crippen LogP contribution in [0, 0.1) is 5.92 Å². The lowest BCUT2D eigenvalue weighted by atomic mass is 9.58. The first-order chi connectivity index (χ1) is 7.80. The Balaban J connectivity index is 2.11. The van der Waals surface area contributed by atoms with Gasteiger partial charge in [0, 0.05) is 12.0 Å². The molecular weight excluding hydrogens is 194 g/mol. The van der Waals surface area contributed by atoms with Crippen molar-refractivity contribution in [1.82, 2.24) is 5.32 Å². The summed E-state index contributed by atoms with van der Waals surface area (Å²) >= 11 is 0. The minimum absolute atomic E-state index is 0.429. The second-order valence-corrected chi connectivity index (χ2v) is 5.11. The predicted octanol–water partition coefficient (Wildman–Crippen LogP) is 3.35. The Morgan fingerprint density at radius 3 is 2.44 bits per heavy atom. The highest BCUT2D eigenvalue weighted by Gasteiger charge is 2.43. The summed E-state index contributed by atoms with van der Waals surface area (Å²) in [6.07, 6.45) is 4.06. The molecule has 0 aromatic heterocycles. The fraction of sp³-hybridized carbons (Fsp3) is 0.600. The zero-order valence-corrected chi connectivity index (χ0v) is 10.5. The summed E-state index contributed by atoms with van der Waals surface area (Å²) in [5, 5.41) is 3.53. The fourth-order valence-corrected chi connectivity index (χ4v) is 2.97. The van der Waals surface area contributed by atoms with E-state index in [-0.39, 0.29) is 0 Å². The average molecular weight is 217 g/mol. The van der Waals surface area contributed by atoms with Gasteiger partial charge in [0.1, 0.15) is 0 Å². The molecule has 0 amide bonds. The van der Waals surface area contributed by atoms with Gasteiger partial charge in [0.2, 0.25) is 0 Å². The average Bonchev–Trinajstić information content (AvgIpc) is 2.29. The monoisotopic (exact) mass is 217 g/mol. The smallest absolute Gasteiger partial charge is 0.00830 e. The van der Waals surface area contributed by atoms with Crippen LogP contribution < -0.4 is 5.32 Å². The molecular formula is C15H23N. The minimum Gasteiger partial charge on any atom is -0.316 e. The van der Waals surface area contributed by atoms with Crippen LogP contribution in [-0.2, 0) is 5.41 Å². The lowest BCUT2D eigenvalue weighted by Crippen LogP contribution is -2.48. The lowest BCUT2D eigenvalue weighted by Gasteiger charge is -2.48. The van der Waals surface area contributed by atoms with E-state index in [2.05, 4.69) is 49.5 Å². The van der Waals surface area contributed by atoms with E-state index in [1.54, 1.807) is 0 Å². The molecule has 1 aliphatic rings. The van der Waals surface area contributed by atoms with E-state index in [0.717, 1.165) is 19.0 Å². The second-order valence-electron chi connectivity index (χ2n) is 5.11. The van der Waals surface area contributed by atoms with Gasteiger partial charge >= 0.3 is 0 Å². The molecule has 88 valence electrons. The van der Waals surface area contributed by atoms with Gasteiger partial charge in [0.15, 0.2) is 0 Å². The summed E-state index contributed by atoms with van der Waals surface area (Å²) in [5.41, 5.74) is 1.96. The van der Waals surface area contributed by atoms with Gasteiger partial charge in [-0.1, -0.05) is 50.6 Å². The van der Waals surface area contributed by atoms with Crippen LogP contribution in [0.4, 0.5) is 0 Å². The first-order valence-electron chi connectivity index (χ1n) is 6.57. The van der Waals surface area contributed by atoms with Gasteiger partial charge in [-0.15, -0.1) is 0 Å². The SMILES string of the molecule is CCNCC1(c2ccccc2)CC(CC)C1. The highest BCUT2D eigenvalue weighted by molar-refractivity contribution is 5.29. The summed E-state index contributed by atoms with van der Waals surface area (Å²) in [6.45, 7) is 6.72. The molecule has 0 unspecified atom stereocenters. The van der Waals surface area contributed by atoms with Crippen LogP contribution in [0.2, 0.25) is 0 Å². The maximum Gasteiger partial charge on any atom is 0.00830 e. The third kappa shape index (κ3) is 2.15. The third-order valence-corrected chi connectivity index (χ3v) is 4.04. The summed E-state index contributed by atoms with van der Waals surface area (Å²) in [7, 11) is 0. The van der Waals surface area contributed by atoms with Crippen molar-refractivity contribution in [3.63, 3.8) is 0 Å². The van der Waals surface area contributed by atoms with E-state index in [9.17, 15) is 0 Å². The van der Waals surface area contributed by atoms with E-state index in [1.807, 2.05) is 0 Å². The fourth-order valence-electron chi connectivity index (χ4n) is 2.97. The first kappa shape index (κ1) is 11.7. The number of likely N-dealkylation sites (N-methyl/N-ethyl adjacent to an activating group) is 1. The van der Waals surface area contributed by atoms with Gasteiger partial charge < -0.3 is 5.32 Å². The Labute approximate surface area is 99.3 Å². The van der Waals surface area contributed by atoms with Crippen LogP contribution in [0.5, 0.6) is 0 Å². The van der Waals surface area contributed by atoms with Crippen molar-refractivity contribution < 1.29 is 0 Å². The molecule has 0 saturated heterocycles. The highest BCUT2D eigenvalue weighted by atomic mass is 14.9. The van der Waals surface area contributed by atoms with Gasteiger partial charge in [-0.2, -0.15) is 0 Å². The lowest BCUT2D eigenvalue weighted by molar-refractivity contribution is 0.134. The normalized spacial score (nSPS) is 28.8. The maximum atomic E-state index is 3.53. The number of benzene rings is 1. The zero-order valence-electron chi connectivity index (χ0n) is 10.5. The van der Waals surface area contributed by atoms with Crippen LogP contribution >= 0.6 is 0 Å². The molecule has 0 spiro atoms. The van der Waals surface area contributed by atoms with Crippen LogP contribution in [0.3, 0.4) is 0 Å². The van der Waals surface area contributed by atoms with Gasteiger partial charge in [0.25, 0.3) is 0 Å². The Hall–Kier alpha value is -0.820. The zero-order chi connectivity index (χ0) is 11.4. The molecule has 0 heterocycles. The van der Waals surface area contributed by atoms with Crippen molar-refractivity contribution in [3.8, 4) is 0 Å². The van der Waals surface area contributed by atoms with Crippen molar-refractivity contribution in [2.45, 2.75) is 38.5 Å². The minimum atomic E-state index is 0.429. The molecule has 16 heavy (non-hydrogen) atoms. The summed E-state index contributed by atoms with van der Waals surface area (Å²) in [4.78, 5) is 0.